The Morgan fingerprint density at radius 1 is 1.26 bits per heavy atom. The van der Waals surface area contributed by atoms with E-state index < -0.39 is 12.0 Å². The molecule has 0 spiro atoms. The monoisotopic (exact) mass is 515 g/mol. The Morgan fingerprint density at radius 3 is 2.66 bits per heavy atom. The van der Waals surface area contributed by atoms with Crippen LogP contribution in [0.25, 0.3) is 6.08 Å². The molecule has 0 fully saturated rings. The Hall–Kier alpha value is -3.30. The first kappa shape index (κ1) is 24.8. The van der Waals surface area contributed by atoms with E-state index in [1.165, 1.54) is 30.1 Å². The zero-order chi connectivity index (χ0) is 25.3. The highest BCUT2D eigenvalue weighted by atomic mass is 35.5. The minimum absolute atomic E-state index is 0.244. The van der Waals surface area contributed by atoms with Gasteiger partial charge in [-0.05, 0) is 45.0 Å². The molecule has 1 aliphatic rings. The van der Waals surface area contributed by atoms with Crippen LogP contribution < -0.4 is 24.5 Å². The normalized spacial score (nSPS) is 15.6. The number of benzene rings is 1. The van der Waals surface area contributed by atoms with Gasteiger partial charge in [0, 0.05) is 35.8 Å². The van der Waals surface area contributed by atoms with Gasteiger partial charge in [0.2, 0.25) is 0 Å². The summed E-state index contributed by atoms with van der Waals surface area (Å²) in [4.78, 5) is 33.6. The number of nitrogens with zero attached hydrogens (tertiary/aromatic N) is 3. The number of furan rings is 1. The van der Waals surface area contributed by atoms with Crippen molar-refractivity contribution in [2.75, 3.05) is 32.2 Å². The molecule has 2 aromatic heterocycles. The van der Waals surface area contributed by atoms with E-state index in [2.05, 4.69) is 23.7 Å². The summed E-state index contributed by atoms with van der Waals surface area (Å²) in [5, 5.41) is 0.446. The van der Waals surface area contributed by atoms with Crippen molar-refractivity contribution in [3.05, 3.63) is 77.6 Å². The smallest absolute Gasteiger partial charge is 0.338 e. The molecule has 4 rings (SSSR count). The number of ether oxygens (including phenoxy) is 2. The van der Waals surface area contributed by atoms with Gasteiger partial charge in [-0.1, -0.05) is 22.9 Å². The Balaban J connectivity index is 1.94. The average Bonchev–Trinajstić information content (AvgIpc) is 3.43. The van der Waals surface area contributed by atoms with Crippen LogP contribution in [0.4, 0.5) is 5.88 Å². The third kappa shape index (κ3) is 4.53. The van der Waals surface area contributed by atoms with E-state index in [4.69, 9.17) is 25.5 Å². The maximum atomic E-state index is 13.7. The van der Waals surface area contributed by atoms with Crippen molar-refractivity contribution in [1.82, 2.24) is 4.57 Å². The lowest BCUT2D eigenvalue weighted by Crippen LogP contribution is -2.40. The highest BCUT2D eigenvalue weighted by Crippen LogP contribution is 2.37. The molecule has 0 bridgehead atoms. The van der Waals surface area contributed by atoms with Crippen molar-refractivity contribution in [2.24, 2.45) is 4.99 Å². The summed E-state index contributed by atoms with van der Waals surface area (Å²) >= 11 is 7.52. The number of carbonyl (C=O) groups excluding carboxylic acids is 1. The molecule has 3 aromatic rings. The van der Waals surface area contributed by atoms with Gasteiger partial charge in [-0.15, -0.1) is 0 Å². The summed E-state index contributed by atoms with van der Waals surface area (Å²) in [6.07, 6.45) is 1.69. The quantitative estimate of drug-likeness (QED) is 0.448. The maximum Gasteiger partial charge on any atom is 0.338 e. The van der Waals surface area contributed by atoms with Crippen LogP contribution in [0.1, 0.15) is 38.1 Å². The third-order valence-electron chi connectivity index (χ3n) is 5.87. The predicted octanol–water partition coefficient (Wildman–Crippen LogP) is 3.51. The molecule has 0 aliphatic carbocycles. The SMILES string of the molecule is CCN(CC)c1ccc(/C=c2\sc3n(c2=O)[C@@H](c2cc(Cl)ccc2OC)C(C(=O)OC)=C(C)N=3)o1. The summed E-state index contributed by atoms with van der Waals surface area (Å²) in [6.45, 7) is 7.44. The topological polar surface area (TPSA) is 86.3 Å². The van der Waals surface area contributed by atoms with Gasteiger partial charge in [-0.2, -0.15) is 0 Å². The molecule has 3 heterocycles. The van der Waals surface area contributed by atoms with E-state index >= 15 is 0 Å². The van der Waals surface area contributed by atoms with Crippen LogP contribution in [0.2, 0.25) is 5.02 Å². The first-order valence-electron chi connectivity index (χ1n) is 11.1. The lowest BCUT2D eigenvalue weighted by atomic mass is 9.95. The molecule has 35 heavy (non-hydrogen) atoms. The highest BCUT2D eigenvalue weighted by Gasteiger charge is 2.35. The summed E-state index contributed by atoms with van der Waals surface area (Å²) in [5.74, 6) is 1.19. The molecule has 8 nitrogen and oxygen atoms in total. The highest BCUT2D eigenvalue weighted by molar-refractivity contribution is 7.07. The molecule has 0 amide bonds. The number of allylic oxidation sites excluding steroid dienone is 1. The average molecular weight is 516 g/mol. The van der Waals surface area contributed by atoms with Crippen LogP contribution in [0.5, 0.6) is 5.75 Å². The standard InChI is InChI=1S/C25H26ClN3O5S/c1-6-28(7-2)20-11-9-16(34-20)13-19-23(30)29-22(17-12-15(26)8-10-18(17)32-4)21(24(31)33-5)14(3)27-25(29)35-19/h8-13,22H,6-7H2,1-5H3/b19-13-/t22-/m0/s1. The summed E-state index contributed by atoms with van der Waals surface area (Å²) in [6, 6.07) is 7.97. The number of hydrogen-bond donors (Lipinski definition) is 0. The van der Waals surface area contributed by atoms with E-state index in [1.807, 2.05) is 12.1 Å². The third-order valence-corrected chi connectivity index (χ3v) is 7.09. The fourth-order valence-corrected chi connectivity index (χ4v) is 5.37. The number of carbonyl (C=O) groups is 1. The van der Waals surface area contributed by atoms with Crippen molar-refractivity contribution in [3.63, 3.8) is 0 Å². The second-order valence-electron chi connectivity index (χ2n) is 7.81. The largest absolute Gasteiger partial charge is 0.496 e. The lowest BCUT2D eigenvalue weighted by Gasteiger charge is -2.25. The zero-order valence-corrected chi connectivity index (χ0v) is 21.7. The predicted molar refractivity (Wildman–Crippen MR) is 136 cm³/mol. The van der Waals surface area contributed by atoms with Crippen molar-refractivity contribution in [3.8, 4) is 5.75 Å². The Labute approximate surface area is 211 Å². The summed E-state index contributed by atoms with van der Waals surface area (Å²) in [5.41, 5.74) is 0.951. The van der Waals surface area contributed by atoms with Crippen LogP contribution in [0.3, 0.4) is 0 Å². The molecule has 0 N–H and O–H groups in total. The Bertz CT molecular complexity index is 1480. The van der Waals surface area contributed by atoms with E-state index in [1.54, 1.807) is 31.2 Å². The van der Waals surface area contributed by atoms with Crippen molar-refractivity contribution >= 4 is 40.9 Å². The fraction of sp³-hybridized carbons (Fsp3) is 0.320. The molecule has 0 unspecified atom stereocenters. The molecular weight excluding hydrogens is 490 g/mol. The number of hydrogen-bond acceptors (Lipinski definition) is 8. The molecule has 1 aromatic carbocycles. The lowest BCUT2D eigenvalue weighted by molar-refractivity contribution is -0.136. The van der Waals surface area contributed by atoms with E-state index in [9.17, 15) is 9.59 Å². The van der Waals surface area contributed by atoms with E-state index in [-0.39, 0.29) is 11.1 Å². The Kier molecular flexibility index (Phi) is 7.18. The molecule has 0 saturated carbocycles. The molecule has 10 heteroatoms. The number of rotatable bonds is 7. The van der Waals surface area contributed by atoms with Gasteiger partial charge < -0.3 is 18.8 Å². The van der Waals surface area contributed by atoms with Gasteiger partial charge in [-0.25, -0.2) is 9.79 Å². The number of methoxy groups -OCH3 is 2. The first-order valence-corrected chi connectivity index (χ1v) is 12.3. The second-order valence-corrected chi connectivity index (χ2v) is 9.25. The minimum Gasteiger partial charge on any atom is -0.496 e. The van der Waals surface area contributed by atoms with Gasteiger partial charge in [0.1, 0.15) is 17.6 Å². The van der Waals surface area contributed by atoms with Crippen LogP contribution >= 0.6 is 22.9 Å². The molecule has 1 aliphatic heterocycles. The number of fused-ring (bicyclic) bond motifs is 1. The molecular formula is C25H26ClN3O5S. The van der Waals surface area contributed by atoms with Crippen molar-refractivity contribution < 1.29 is 18.7 Å². The number of halogens is 1. The van der Waals surface area contributed by atoms with Crippen molar-refractivity contribution in [1.29, 1.82) is 0 Å². The summed E-state index contributed by atoms with van der Waals surface area (Å²) < 4.78 is 18.5. The summed E-state index contributed by atoms with van der Waals surface area (Å²) in [7, 11) is 2.82. The minimum atomic E-state index is -0.822. The molecule has 0 saturated heterocycles. The Morgan fingerprint density at radius 2 is 2.00 bits per heavy atom. The van der Waals surface area contributed by atoms with Gasteiger partial charge in [0.15, 0.2) is 10.7 Å². The number of aromatic nitrogens is 1. The van der Waals surface area contributed by atoms with Crippen LogP contribution in [-0.2, 0) is 9.53 Å². The second kappa shape index (κ2) is 10.1. The fourth-order valence-electron chi connectivity index (χ4n) is 4.16. The van der Waals surface area contributed by atoms with E-state index in [0.717, 1.165) is 19.0 Å². The van der Waals surface area contributed by atoms with Gasteiger partial charge >= 0.3 is 5.97 Å². The van der Waals surface area contributed by atoms with Crippen LogP contribution in [0.15, 0.2) is 55.8 Å². The molecule has 184 valence electrons. The maximum absolute atomic E-state index is 13.7. The van der Waals surface area contributed by atoms with Gasteiger partial charge in [-0.3, -0.25) is 9.36 Å². The first-order chi connectivity index (χ1) is 16.8. The number of esters is 1. The van der Waals surface area contributed by atoms with Crippen LogP contribution in [-0.4, -0.2) is 37.8 Å². The number of anilines is 1. The van der Waals surface area contributed by atoms with Crippen LogP contribution in [0, 0.1) is 0 Å². The van der Waals surface area contributed by atoms with Crippen molar-refractivity contribution in [2.45, 2.75) is 26.8 Å². The van der Waals surface area contributed by atoms with Gasteiger partial charge in [0.05, 0.1) is 30.0 Å². The van der Waals surface area contributed by atoms with Gasteiger partial charge in [0.25, 0.3) is 5.56 Å². The molecule has 1 atom stereocenters. The molecule has 0 radical (unpaired) electrons. The van der Waals surface area contributed by atoms with E-state index in [0.29, 0.717) is 37.1 Å². The number of thiazole rings is 1. The zero-order valence-electron chi connectivity index (χ0n) is 20.1.